The van der Waals surface area contributed by atoms with E-state index in [1.807, 2.05) is 0 Å². The molecule has 86 valence electrons. The average molecular weight is 229 g/mol. The van der Waals surface area contributed by atoms with Crippen molar-refractivity contribution in [3.8, 4) is 0 Å². The molecule has 0 aliphatic carbocycles. The van der Waals surface area contributed by atoms with Crippen LogP contribution >= 0.6 is 0 Å². The summed E-state index contributed by atoms with van der Waals surface area (Å²) < 4.78 is 0. The zero-order valence-corrected chi connectivity index (χ0v) is 9.21. The maximum Gasteiger partial charge on any atom is 0.257 e. The second-order valence-electron chi connectivity index (χ2n) is 3.24. The molecule has 0 radical (unpaired) electrons. The molecule has 0 aliphatic rings. The molecule has 1 amide bonds. The smallest absolute Gasteiger partial charge is 0.257 e. The van der Waals surface area contributed by atoms with Crippen molar-refractivity contribution in [3.05, 3.63) is 42.2 Å². The quantitative estimate of drug-likeness (QED) is 0.825. The summed E-state index contributed by atoms with van der Waals surface area (Å²) in [5.41, 5.74) is 0.509. The Morgan fingerprint density at radius 3 is 2.82 bits per heavy atom. The van der Waals surface area contributed by atoms with Crippen LogP contribution in [0, 0.1) is 0 Å². The largest absolute Gasteiger partial charge is 0.373 e. The van der Waals surface area contributed by atoms with Gasteiger partial charge >= 0.3 is 0 Å². The van der Waals surface area contributed by atoms with Crippen molar-refractivity contribution in [2.45, 2.75) is 0 Å². The maximum atomic E-state index is 11.8. The fourth-order valence-corrected chi connectivity index (χ4v) is 1.27. The van der Waals surface area contributed by atoms with Gasteiger partial charge in [0.05, 0.1) is 0 Å². The molecule has 0 bridgehead atoms. The van der Waals surface area contributed by atoms with Crippen LogP contribution in [0.4, 0.5) is 11.6 Å². The van der Waals surface area contributed by atoms with E-state index in [9.17, 15) is 4.79 Å². The molecule has 6 heteroatoms. The van der Waals surface area contributed by atoms with E-state index < -0.39 is 0 Å². The van der Waals surface area contributed by atoms with Gasteiger partial charge in [0.15, 0.2) is 5.82 Å². The van der Waals surface area contributed by atoms with Crippen molar-refractivity contribution in [3.63, 3.8) is 0 Å². The van der Waals surface area contributed by atoms with Crippen molar-refractivity contribution in [1.82, 2.24) is 15.2 Å². The van der Waals surface area contributed by atoms with Gasteiger partial charge in [0.25, 0.3) is 5.91 Å². The van der Waals surface area contributed by atoms with E-state index in [1.54, 1.807) is 43.7 Å². The summed E-state index contributed by atoms with van der Waals surface area (Å²) in [5, 5.41) is 13.0. The molecule has 2 aromatic rings. The number of hydrogen-bond acceptors (Lipinski definition) is 5. The highest BCUT2D eigenvalue weighted by Gasteiger charge is 2.07. The molecule has 0 spiro atoms. The molecule has 2 N–H and O–H groups in total. The Hall–Kier alpha value is -2.50. The van der Waals surface area contributed by atoms with E-state index in [0.29, 0.717) is 17.2 Å². The second-order valence-corrected chi connectivity index (χ2v) is 3.24. The highest BCUT2D eigenvalue weighted by Crippen LogP contribution is 2.08. The number of rotatable bonds is 3. The Morgan fingerprint density at radius 1 is 1.24 bits per heavy atom. The summed E-state index contributed by atoms with van der Waals surface area (Å²) in [6.45, 7) is 0. The third kappa shape index (κ3) is 2.75. The summed E-state index contributed by atoms with van der Waals surface area (Å²) in [6, 6.07) is 6.66. The fourth-order valence-electron chi connectivity index (χ4n) is 1.27. The molecule has 0 saturated heterocycles. The number of nitrogens with zero attached hydrogens (tertiary/aromatic N) is 3. The lowest BCUT2D eigenvalue weighted by Crippen LogP contribution is -2.13. The highest BCUT2D eigenvalue weighted by molar-refractivity contribution is 6.04. The van der Waals surface area contributed by atoms with Gasteiger partial charge in [-0.15, -0.1) is 5.10 Å². The van der Waals surface area contributed by atoms with Crippen LogP contribution in [-0.2, 0) is 0 Å². The zero-order chi connectivity index (χ0) is 12.1. The summed E-state index contributed by atoms with van der Waals surface area (Å²) in [6.07, 6.45) is 3.11. The Morgan fingerprint density at radius 2 is 2.12 bits per heavy atom. The number of hydrogen-bond donors (Lipinski definition) is 2. The van der Waals surface area contributed by atoms with Gasteiger partial charge in [-0.3, -0.25) is 4.79 Å². The van der Waals surface area contributed by atoms with Crippen LogP contribution in [0.3, 0.4) is 0 Å². The van der Waals surface area contributed by atoms with Crippen LogP contribution in [0.25, 0.3) is 0 Å². The summed E-state index contributed by atoms with van der Waals surface area (Å²) in [5.74, 6) is 0.807. The van der Waals surface area contributed by atoms with Gasteiger partial charge in [0.1, 0.15) is 5.82 Å². The first-order valence-electron chi connectivity index (χ1n) is 5.02. The Labute approximate surface area is 98.1 Å². The van der Waals surface area contributed by atoms with E-state index in [4.69, 9.17) is 0 Å². The Kier molecular flexibility index (Phi) is 3.25. The van der Waals surface area contributed by atoms with Crippen molar-refractivity contribution >= 4 is 17.5 Å². The number of anilines is 2. The standard InChI is InChI=1S/C11H11N5O/c1-12-10-7-8(4-6-13-10)11(17)15-9-3-2-5-14-16-9/h2-7H,1H3,(H,12,13)(H,15,16,17). The average Bonchev–Trinajstić information content (AvgIpc) is 2.40. The van der Waals surface area contributed by atoms with E-state index in [1.165, 1.54) is 0 Å². The van der Waals surface area contributed by atoms with Crippen molar-refractivity contribution in [2.75, 3.05) is 17.7 Å². The van der Waals surface area contributed by atoms with Crippen LogP contribution in [0.1, 0.15) is 10.4 Å². The first-order valence-corrected chi connectivity index (χ1v) is 5.02. The zero-order valence-electron chi connectivity index (χ0n) is 9.21. The van der Waals surface area contributed by atoms with Crippen LogP contribution in [-0.4, -0.2) is 28.1 Å². The van der Waals surface area contributed by atoms with Gasteiger partial charge in [-0.2, -0.15) is 5.10 Å². The SMILES string of the molecule is CNc1cc(C(=O)Nc2cccnn2)ccn1. The van der Waals surface area contributed by atoms with E-state index in [-0.39, 0.29) is 5.91 Å². The summed E-state index contributed by atoms with van der Waals surface area (Å²) >= 11 is 0. The minimum Gasteiger partial charge on any atom is -0.373 e. The molecular weight excluding hydrogens is 218 g/mol. The number of aromatic nitrogens is 3. The molecular formula is C11H11N5O. The predicted molar refractivity (Wildman–Crippen MR) is 63.8 cm³/mol. The van der Waals surface area contributed by atoms with Gasteiger partial charge in [0, 0.05) is 25.0 Å². The molecule has 2 heterocycles. The van der Waals surface area contributed by atoms with E-state index in [0.717, 1.165) is 0 Å². The normalized spacial score (nSPS) is 9.71. The molecule has 17 heavy (non-hydrogen) atoms. The first-order chi connectivity index (χ1) is 8.29. The summed E-state index contributed by atoms with van der Waals surface area (Å²) in [4.78, 5) is 15.9. The van der Waals surface area contributed by atoms with Gasteiger partial charge in [-0.1, -0.05) is 0 Å². The first kappa shape index (κ1) is 11.0. The van der Waals surface area contributed by atoms with Crippen LogP contribution in [0.5, 0.6) is 0 Å². The van der Waals surface area contributed by atoms with Crippen LogP contribution in [0.2, 0.25) is 0 Å². The number of pyridine rings is 1. The minimum absolute atomic E-state index is 0.246. The topological polar surface area (TPSA) is 79.8 Å². The lowest BCUT2D eigenvalue weighted by atomic mass is 10.2. The van der Waals surface area contributed by atoms with Gasteiger partial charge in [-0.05, 0) is 24.3 Å². The Balaban J connectivity index is 2.14. The molecule has 6 nitrogen and oxygen atoms in total. The van der Waals surface area contributed by atoms with Crippen LogP contribution < -0.4 is 10.6 Å². The highest BCUT2D eigenvalue weighted by atomic mass is 16.1. The molecule has 2 rings (SSSR count). The Bertz CT molecular complexity index is 514. The summed E-state index contributed by atoms with van der Waals surface area (Å²) in [7, 11) is 1.74. The van der Waals surface area contributed by atoms with Gasteiger partial charge in [-0.25, -0.2) is 4.98 Å². The molecule has 0 atom stereocenters. The monoisotopic (exact) mass is 229 g/mol. The van der Waals surface area contributed by atoms with Crippen molar-refractivity contribution in [1.29, 1.82) is 0 Å². The van der Waals surface area contributed by atoms with E-state index in [2.05, 4.69) is 25.8 Å². The lowest BCUT2D eigenvalue weighted by molar-refractivity contribution is 0.102. The predicted octanol–water partition coefficient (Wildman–Crippen LogP) is 1.17. The molecule has 0 fully saturated rings. The number of nitrogens with one attached hydrogen (secondary N) is 2. The van der Waals surface area contributed by atoms with Crippen LogP contribution in [0.15, 0.2) is 36.7 Å². The van der Waals surface area contributed by atoms with Crippen molar-refractivity contribution in [2.24, 2.45) is 0 Å². The molecule has 0 saturated carbocycles. The number of carbonyl (C=O) groups excluding carboxylic acids is 1. The van der Waals surface area contributed by atoms with Crippen molar-refractivity contribution < 1.29 is 4.79 Å². The third-order valence-electron chi connectivity index (χ3n) is 2.09. The number of amides is 1. The minimum atomic E-state index is -0.246. The molecule has 0 aliphatic heterocycles. The number of carbonyl (C=O) groups is 1. The lowest BCUT2D eigenvalue weighted by Gasteiger charge is -2.04. The second kappa shape index (κ2) is 5.02. The molecule has 0 unspecified atom stereocenters. The third-order valence-corrected chi connectivity index (χ3v) is 2.09. The fraction of sp³-hybridized carbons (Fsp3) is 0.0909. The van der Waals surface area contributed by atoms with E-state index >= 15 is 0 Å². The van der Waals surface area contributed by atoms with Gasteiger partial charge < -0.3 is 10.6 Å². The molecule has 0 aromatic carbocycles. The maximum absolute atomic E-state index is 11.8. The van der Waals surface area contributed by atoms with Gasteiger partial charge in [0.2, 0.25) is 0 Å². The molecule has 2 aromatic heterocycles.